The van der Waals surface area contributed by atoms with Crippen molar-refractivity contribution in [2.75, 3.05) is 33.4 Å². The number of aryl methyl sites for hydroxylation is 1. The number of nitrogens with zero attached hydrogens (tertiary/aromatic N) is 3. The van der Waals surface area contributed by atoms with E-state index in [1.54, 1.807) is 7.11 Å². The molecule has 0 aliphatic rings. The molecule has 5 nitrogen and oxygen atoms in total. The van der Waals surface area contributed by atoms with Crippen LogP contribution in [0.15, 0.2) is 42.7 Å². The summed E-state index contributed by atoms with van der Waals surface area (Å²) in [7, 11) is 1.69. The summed E-state index contributed by atoms with van der Waals surface area (Å²) >= 11 is 0. The monoisotopic (exact) mass is 423 g/mol. The Morgan fingerprint density at radius 2 is 1.71 bits per heavy atom. The van der Waals surface area contributed by atoms with E-state index in [2.05, 4.69) is 48.4 Å². The molecular weight excluding hydrogens is 386 g/mol. The number of unbranched alkanes of at least 4 members (excludes halogenated alkanes) is 2. The number of aromatic nitrogens is 2. The quantitative estimate of drug-likeness (QED) is 0.317. The standard InChI is InChI=1S/C26H37N3O2/c1-5-7-14-28(15-8-6-2)16-10-18-31-24-13-12-22(19-25(24)30-4)23-20-29-17-9-11-21(3)26(29)27-23/h9,11-13,17,19-20H,5-8,10,14-16,18H2,1-4H3. The maximum absolute atomic E-state index is 6.08. The van der Waals surface area contributed by atoms with Crippen LogP contribution in [-0.2, 0) is 0 Å². The number of pyridine rings is 1. The Labute approximate surface area is 187 Å². The van der Waals surface area contributed by atoms with E-state index >= 15 is 0 Å². The second kappa shape index (κ2) is 11.8. The van der Waals surface area contributed by atoms with E-state index in [1.807, 2.05) is 24.4 Å². The van der Waals surface area contributed by atoms with Gasteiger partial charge < -0.3 is 18.8 Å². The zero-order valence-electron chi connectivity index (χ0n) is 19.6. The Morgan fingerprint density at radius 3 is 2.39 bits per heavy atom. The Kier molecular flexibility index (Phi) is 8.77. The number of ether oxygens (including phenoxy) is 2. The molecule has 0 amide bonds. The first-order valence-electron chi connectivity index (χ1n) is 11.6. The molecule has 3 rings (SSSR count). The zero-order chi connectivity index (χ0) is 22.1. The van der Waals surface area contributed by atoms with Crippen LogP contribution in [0.1, 0.15) is 51.5 Å². The molecule has 0 aliphatic heterocycles. The lowest BCUT2D eigenvalue weighted by molar-refractivity contribution is 0.225. The highest BCUT2D eigenvalue weighted by Crippen LogP contribution is 2.32. The molecule has 0 unspecified atom stereocenters. The average molecular weight is 424 g/mol. The van der Waals surface area contributed by atoms with Crippen molar-refractivity contribution in [2.24, 2.45) is 0 Å². The highest BCUT2D eigenvalue weighted by molar-refractivity contribution is 5.67. The molecule has 168 valence electrons. The van der Waals surface area contributed by atoms with Gasteiger partial charge in [0.2, 0.25) is 0 Å². The van der Waals surface area contributed by atoms with E-state index in [1.165, 1.54) is 38.8 Å². The summed E-state index contributed by atoms with van der Waals surface area (Å²) in [5.74, 6) is 1.54. The molecule has 0 atom stereocenters. The fourth-order valence-corrected chi connectivity index (χ4v) is 3.81. The van der Waals surface area contributed by atoms with E-state index in [-0.39, 0.29) is 0 Å². The molecule has 0 saturated carbocycles. The van der Waals surface area contributed by atoms with Crippen molar-refractivity contribution in [1.29, 1.82) is 0 Å². The van der Waals surface area contributed by atoms with E-state index in [0.29, 0.717) is 6.61 Å². The molecule has 3 aromatic rings. The topological polar surface area (TPSA) is 39.0 Å². The SMILES string of the molecule is CCCCN(CCCC)CCCOc1ccc(-c2cn3cccc(C)c3n2)cc1OC. The van der Waals surface area contributed by atoms with E-state index in [0.717, 1.165) is 46.9 Å². The summed E-state index contributed by atoms with van der Waals surface area (Å²) in [6.07, 6.45) is 10.1. The van der Waals surface area contributed by atoms with E-state index in [4.69, 9.17) is 14.5 Å². The number of imidazole rings is 1. The van der Waals surface area contributed by atoms with Crippen molar-refractivity contribution >= 4 is 5.65 Å². The number of methoxy groups -OCH3 is 1. The molecule has 0 N–H and O–H groups in total. The van der Waals surface area contributed by atoms with Crippen molar-refractivity contribution in [3.8, 4) is 22.8 Å². The lowest BCUT2D eigenvalue weighted by Crippen LogP contribution is -2.28. The molecule has 0 radical (unpaired) electrons. The van der Waals surface area contributed by atoms with Crippen LogP contribution in [-0.4, -0.2) is 47.6 Å². The lowest BCUT2D eigenvalue weighted by Gasteiger charge is -2.22. The van der Waals surface area contributed by atoms with Gasteiger partial charge in [-0.1, -0.05) is 32.8 Å². The fraction of sp³-hybridized carbons (Fsp3) is 0.500. The Balaban J connectivity index is 1.61. The molecule has 5 heteroatoms. The van der Waals surface area contributed by atoms with Crippen molar-refractivity contribution in [2.45, 2.75) is 52.9 Å². The van der Waals surface area contributed by atoms with Gasteiger partial charge in [-0.25, -0.2) is 4.98 Å². The third-order valence-corrected chi connectivity index (χ3v) is 5.67. The minimum absolute atomic E-state index is 0.692. The van der Waals surface area contributed by atoms with Crippen LogP contribution in [0.25, 0.3) is 16.9 Å². The summed E-state index contributed by atoms with van der Waals surface area (Å²) in [6, 6.07) is 10.2. The first kappa shape index (κ1) is 23.1. The molecule has 0 bridgehead atoms. The minimum Gasteiger partial charge on any atom is -0.493 e. The fourth-order valence-electron chi connectivity index (χ4n) is 3.81. The predicted octanol–water partition coefficient (Wildman–Crippen LogP) is 5.99. The van der Waals surface area contributed by atoms with Gasteiger partial charge in [-0.15, -0.1) is 0 Å². The molecule has 0 aliphatic carbocycles. The van der Waals surface area contributed by atoms with Crippen molar-refractivity contribution < 1.29 is 9.47 Å². The van der Waals surface area contributed by atoms with Crippen LogP contribution in [0.5, 0.6) is 11.5 Å². The number of benzene rings is 1. The van der Waals surface area contributed by atoms with Gasteiger partial charge in [-0.3, -0.25) is 0 Å². The summed E-state index contributed by atoms with van der Waals surface area (Å²) in [5, 5.41) is 0. The second-order valence-corrected chi connectivity index (χ2v) is 8.16. The Bertz CT molecular complexity index is 943. The molecule has 2 aromatic heterocycles. The van der Waals surface area contributed by atoms with Crippen molar-refractivity contribution in [3.63, 3.8) is 0 Å². The van der Waals surface area contributed by atoms with Gasteiger partial charge in [0.1, 0.15) is 5.65 Å². The Morgan fingerprint density at radius 1 is 0.968 bits per heavy atom. The highest BCUT2D eigenvalue weighted by Gasteiger charge is 2.11. The number of fused-ring (bicyclic) bond motifs is 1. The largest absolute Gasteiger partial charge is 0.493 e. The van der Waals surface area contributed by atoms with E-state index in [9.17, 15) is 0 Å². The number of hydrogen-bond acceptors (Lipinski definition) is 4. The van der Waals surface area contributed by atoms with Gasteiger partial charge in [-0.2, -0.15) is 0 Å². The summed E-state index contributed by atoms with van der Waals surface area (Å²) < 4.78 is 13.8. The zero-order valence-corrected chi connectivity index (χ0v) is 19.6. The van der Waals surface area contributed by atoms with Gasteiger partial charge in [-0.05, 0) is 69.1 Å². The van der Waals surface area contributed by atoms with Gasteiger partial charge in [0.15, 0.2) is 11.5 Å². The first-order valence-corrected chi connectivity index (χ1v) is 11.6. The van der Waals surface area contributed by atoms with E-state index < -0.39 is 0 Å². The predicted molar refractivity (Wildman–Crippen MR) is 128 cm³/mol. The van der Waals surface area contributed by atoms with Gasteiger partial charge in [0.25, 0.3) is 0 Å². The number of hydrogen-bond donors (Lipinski definition) is 0. The van der Waals surface area contributed by atoms with Crippen LogP contribution in [0, 0.1) is 6.92 Å². The normalized spacial score (nSPS) is 11.4. The lowest BCUT2D eigenvalue weighted by atomic mass is 10.1. The van der Waals surface area contributed by atoms with Crippen LogP contribution in [0.2, 0.25) is 0 Å². The van der Waals surface area contributed by atoms with Crippen LogP contribution < -0.4 is 9.47 Å². The highest BCUT2D eigenvalue weighted by atomic mass is 16.5. The molecule has 0 spiro atoms. The molecule has 1 aromatic carbocycles. The third-order valence-electron chi connectivity index (χ3n) is 5.67. The smallest absolute Gasteiger partial charge is 0.161 e. The second-order valence-electron chi connectivity index (χ2n) is 8.16. The van der Waals surface area contributed by atoms with Crippen molar-refractivity contribution in [1.82, 2.24) is 14.3 Å². The van der Waals surface area contributed by atoms with Crippen LogP contribution in [0.4, 0.5) is 0 Å². The van der Waals surface area contributed by atoms with Crippen LogP contribution >= 0.6 is 0 Å². The van der Waals surface area contributed by atoms with Gasteiger partial charge in [0.05, 0.1) is 19.4 Å². The van der Waals surface area contributed by atoms with Gasteiger partial charge in [0, 0.05) is 24.5 Å². The summed E-state index contributed by atoms with van der Waals surface area (Å²) in [6.45, 7) is 10.7. The summed E-state index contributed by atoms with van der Waals surface area (Å²) in [5.41, 5.74) is 4.10. The molecule has 31 heavy (non-hydrogen) atoms. The van der Waals surface area contributed by atoms with Gasteiger partial charge >= 0.3 is 0 Å². The third kappa shape index (κ3) is 6.23. The first-order chi connectivity index (χ1) is 15.2. The average Bonchev–Trinajstić information content (AvgIpc) is 3.23. The summed E-state index contributed by atoms with van der Waals surface area (Å²) in [4.78, 5) is 7.36. The molecule has 0 saturated heterocycles. The molecular formula is C26H37N3O2. The van der Waals surface area contributed by atoms with Crippen molar-refractivity contribution in [3.05, 3.63) is 48.3 Å². The maximum atomic E-state index is 6.08. The minimum atomic E-state index is 0.692. The van der Waals surface area contributed by atoms with Crippen LogP contribution in [0.3, 0.4) is 0 Å². The Hall–Kier alpha value is -2.53. The maximum Gasteiger partial charge on any atom is 0.161 e. The molecule has 0 fully saturated rings. The molecule has 2 heterocycles. The number of rotatable bonds is 13.